The average molecular weight is 368 g/mol. The molecule has 0 unspecified atom stereocenters. The summed E-state index contributed by atoms with van der Waals surface area (Å²) in [5.74, 6) is 0.166. The lowest BCUT2D eigenvalue weighted by Gasteiger charge is -2.12. The van der Waals surface area contributed by atoms with Gasteiger partial charge in [-0.3, -0.25) is 4.79 Å². The number of aromatic nitrogens is 2. The van der Waals surface area contributed by atoms with E-state index in [0.29, 0.717) is 24.5 Å². The number of hydrogen-bond donors (Lipinski definition) is 2. The number of unbranched alkanes of at least 4 members (excludes halogenated alkanes) is 3. The quantitative estimate of drug-likeness (QED) is 0.691. The van der Waals surface area contributed by atoms with Crippen LogP contribution in [0.2, 0.25) is 0 Å². The number of rotatable bonds is 8. The first kappa shape index (κ1) is 20.0. The van der Waals surface area contributed by atoms with Gasteiger partial charge in [0.15, 0.2) is 0 Å². The molecule has 2 rings (SSSR count). The number of alkyl halides is 3. The Bertz CT molecular complexity index is 740. The van der Waals surface area contributed by atoms with E-state index in [1.807, 2.05) is 0 Å². The van der Waals surface area contributed by atoms with Gasteiger partial charge in [-0.2, -0.15) is 18.3 Å². The summed E-state index contributed by atoms with van der Waals surface area (Å²) in [7, 11) is 0. The molecule has 0 saturated carbocycles. The lowest BCUT2D eigenvalue weighted by Crippen LogP contribution is -2.15. The number of nitrogens with zero attached hydrogens (tertiary/aromatic N) is 2. The minimum absolute atomic E-state index is 0.189. The number of hydrogen-bond acceptors (Lipinski definition) is 3. The monoisotopic (exact) mass is 368 g/mol. The molecule has 1 amide bonds. The molecule has 0 bridgehead atoms. The third kappa shape index (κ3) is 5.59. The van der Waals surface area contributed by atoms with Crippen LogP contribution >= 0.6 is 0 Å². The lowest BCUT2D eigenvalue weighted by atomic mass is 10.1. The van der Waals surface area contributed by atoms with Gasteiger partial charge in [-0.05, 0) is 44.5 Å². The SMILES string of the molecule is Cc1cc(NC(=O)CCCCCCN)n(-c2cccc(C(F)(F)F)c2)n1. The van der Waals surface area contributed by atoms with Crippen LogP contribution < -0.4 is 11.1 Å². The van der Waals surface area contributed by atoms with E-state index >= 15 is 0 Å². The Kier molecular flexibility index (Phi) is 6.79. The van der Waals surface area contributed by atoms with Crippen molar-refractivity contribution in [2.24, 2.45) is 5.73 Å². The van der Waals surface area contributed by atoms with Gasteiger partial charge in [-0.1, -0.05) is 18.9 Å². The van der Waals surface area contributed by atoms with E-state index in [0.717, 1.165) is 37.8 Å². The zero-order valence-corrected chi connectivity index (χ0v) is 14.6. The number of nitrogens with one attached hydrogen (secondary N) is 1. The molecule has 0 aliphatic carbocycles. The van der Waals surface area contributed by atoms with Crippen molar-refractivity contribution < 1.29 is 18.0 Å². The van der Waals surface area contributed by atoms with Crippen molar-refractivity contribution in [3.8, 4) is 5.69 Å². The Hall–Kier alpha value is -2.35. The Morgan fingerprint density at radius 3 is 2.62 bits per heavy atom. The van der Waals surface area contributed by atoms with Gasteiger partial charge in [-0.15, -0.1) is 0 Å². The minimum atomic E-state index is -4.44. The molecule has 0 radical (unpaired) electrons. The van der Waals surface area contributed by atoms with Crippen LogP contribution in [0.25, 0.3) is 5.69 Å². The van der Waals surface area contributed by atoms with Gasteiger partial charge in [0, 0.05) is 12.5 Å². The first-order chi connectivity index (χ1) is 12.3. The topological polar surface area (TPSA) is 72.9 Å². The Morgan fingerprint density at radius 2 is 1.92 bits per heavy atom. The highest BCUT2D eigenvalue weighted by atomic mass is 19.4. The molecule has 26 heavy (non-hydrogen) atoms. The molecule has 0 aliphatic heterocycles. The number of halogens is 3. The van der Waals surface area contributed by atoms with E-state index in [2.05, 4.69) is 10.4 Å². The molecule has 0 spiro atoms. The average Bonchev–Trinajstić information content (AvgIpc) is 2.94. The summed E-state index contributed by atoms with van der Waals surface area (Å²) < 4.78 is 40.1. The molecule has 0 saturated heterocycles. The zero-order valence-electron chi connectivity index (χ0n) is 14.6. The van der Waals surface area contributed by atoms with Gasteiger partial charge in [-0.25, -0.2) is 4.68 Å². The number of nitrogens with two attached hydrogens (primary N) is 1. The van der Waals surface area contributed by atoms with Gasteiger partial charge < -0.3 is 11.1 Å². The van der Waals surface area contributed by atoms with Crippen molar-refractivity contribution in [1.82, 2.24) is 9.78 Å². The number of anilines is 1. The van der Waals surface area contributed by atoms with Crippen LogP contribution in [0, 0.1) is 6.92 Å². The van der Waals surface area contributed by atoms with E-state index in [9.17, 15) is 18.0 Å². The van der Waals surface area contributed by atoms with Crippen molar-refractivity contribution in [3.05, 3.63) is 41.6 Å². The van der Waals surface area contributed by atoms with Crippen LogP contribution in [0.15, 0.2) is 30.3 Å². The van der Waals surface area contributed by atoms with Gasteiger partial charge >= 0.3 is 6.18 Å². The molecule has 0 atom stereocenters. The smallest absolute Gasteiger partial charge is 0.330 e. The van der Waals surface area contributed by atoms with Crippen LogP contribution in [0.1, 0.15) is 43.4 Å². The highest BCUT2D eigenvalue weighted by Gasteiger charge is 2.30. The summed E-state index contributed by atoms with van der Waals surface area (Å²) in [5, 5.41) is 6.93. The predicted octanol–water partition coefficient (Wildman–Crippen LogP) is 4.05. The van der Waals surface area contributed by atoms with E-state index in [4.69, 9.17) is 5.73 Å². The Balaban J connectivity index is 2.09. The Morgan fingerprint density at radius 1 is 1.19 bits per heavy atom. The zero-order chi connectivity index (χ0) is 19.2. The number of carbonyl (C=O) groups excluding carboxylic acids is 1. The summed E-state index contributed by atoms with van der Waals surface area (Å²) in [6.45, 7) is 2.36. The molecule has 0 fully saturated rings. The van der Waals surface area contributed by atoms with E-state index < -0.39 is 11.7 Å². The van der Waals surface area contributed by atoms with Crippen LogP contribution in [-0.4, -0.2) is 22.2 Å². The third-order valence-electron chi connectivity index (χ3n) is 3.88. The van der Waals surface area contributed by atoms with Crippen molar-refractivity contribution in [2.75, 3.05) is 11.9 Å². The first-order valence-electron chi connectivity index (χ1n) is 8.55. The second kappa shape index (κ2) is 8.84. The second-order valence-electron chi connectivity index (χ2n) is 6.13. The van der Waals surface area contributed by atoms with Crippen LogP contribution in [-0.2, 0) is 11.0 Å². The normalized spacial score (nSPS) is 11.6. The molecule has 2 aromatic rings. The summed E-state index contributed by atoms with van der Waals surface area (Å²) in [4.78, 5) is 12.1. The van der Waals surface area contributed by atoms with Gasteiger partial charge in [0.25, 0.3) is 0 Å². The fourth-order valence-electron chi connectivity index (χ4n) is 2.59. The van der Waals surface area contributed by atoms with Crippen LogP contribution in [0.3, 0.4) is 0 Å². The molecule has 5 nitrogen and oxygen atoms in total. The molecular formula is C18H23F3N4O. The van der Waals surface area contributed by atoms with Crippen molar-refractivity contribution >= 4 is 11.7 Å². The third-order valence-corrected chi connectivity index (χ3v) is 3.88. The van der Waals surface area contributed by atoms with Crippen LogP contribution in [0.5, 0.6) is 0 Å². The largest absolute Gasteiger partial charge is 0.416 e. The molecule has 1 heterocycles. The minimum Gasteiger partial charge on any atom is -0.330 e. The van der Waals surface area contributed by atoms with Gasteiger partial charge in [0.2, 0.25) is 5.91 Å². The molecule has 0 aliphatic rings. The molecule has 1 aromatic heterocycles. The summed E-state index contributed by atoms with van der Waals surface area (Å²) >= 11 is 0. The summed E-state index contributed by atoms with van der Waals surface area (Å²) in [6, 6.07) is 6.48. The number of carbonyl (C=O) groups is 1. The van der Waals surface area contributed by atoms with E-state index in [-0.39, 0.29) is 11.6 Å². The molecule has 3 N–H and O–H groups in total. The number of aryl methyl sites for hydroxylation is 1. The fraction of sp³-hybridized carbons (Fsp3) is 0.444. The highest BCUT2D eigenvalue weighted by molar-refractivity contribution is 5.90. The van der Waals surface area contributed by atoms with Gasteiger partial charge in [0.05, 0.1) is 16.9 Å². The summed E-state index contributed by atoms with van der Waals surface area (Å²) in [6.07, 6.45) is -0.532. The molecular weight excluding hydrogens is 345 g/mol. The second-order valence-corrected chi connectivity index (χ2v) is 6.13. The molecule has 1 aromatic carbocycles. The Labute approximate surface area is 150 Å². The maximum Gasteiger partial charge on any atom is 0.416 e. The van der Waals surface area contributed by atoms with Gasteiger partial charge in [0.1, 0.15) is 5.82 Å². The standard InChI is InChI=1S/C18H23F3N4O/c1-13-11-16(23-17(26)9-4-2-3-5-10-22)25(24-13)15-8-6-7-14(12-15)18(19,20)21/h6-8,11-12H,2-5,9-10,22H2,1H3,(H,23,26). The highest BCUT2D eigenvalue weighted by Crippen LogP contribution is 2.31. The molecule has 8 heteroatoms. The van der Waals surface area contributed by atoms with Crippen molar-refractivity contribution in [2.45, 2.75) is 45.2 Å². The maximum atomic E-state index is 12.9. The number of benzene rings is 1. The summed E-state index contributed by atoms with van der Waals surface area (Å²) in [5.41, 5.74) is 5.50. The lowest BCUT2D eigenvalue weighted by molar-refractivity contribution is -0.137. The molecule has 142 valence electrons. The van der Waals surface area contributed by atoms with Crippen LogP contribution in [0.4, 0.5) is 19.0 Å². The van der Waals surface area contributed by atoms with Crippen molar-refractivity contribution in [1.29, 1.82) is 0 Å². The van der Waals surface area contributed by atoms with Crippen molar-refractivity contribution in [3.63, 3.8) is 0 Å². The van der Waals surface area contributed by atoms with E-state index in [1.54, 1.807) is 13.0 Å². The predicted molar refractivity (Wildman–Crippen MR) is 94.1 cm³/mol. The number of amides is 1. The maximum absolute atomic E-state index is 12.9. The first-order valence-corrected chi connectivity index (χ1v) is 8.55. The van der Waals surface area contributed by atoms with E-state index in [1.165, 1.54) is 16.8 Å². The fourth-order valence-corrected chi connectivity index (χ4v) is 2.59.